The summed E-state index contributed by atoms with van der Waals surface area (Å²) >= 11 is 0. The van der Waals surface area contributed by atoms with E-state index in [0.717, 1.165) is 43.1 Å². The van der Waals surface area contributed by atoms with E-state index < -0.39 is 0 Å². The minimum atomic E-state index is 0.359. The summed E-state index contributed by atoms with van der Waals surface area (Å²) in [7, 11) is 0. The molecule has 1 fully saturated rings. The Bertz CT molecular complexity index is 397. The highest BCUT2D eigenvalue weighted by atomic mass is 15.2. The van der Waals surface area contributed by atoms with E-state index in [4.69, 9.17) is 5.73 Å². The van der Waals surface area contributed by atoms with Crippen LogP contribution in [-0.2, 0) is 0 Å². The SMILES string of the molecule is Cc1nc(C(C)C)nc(C)c1N1CCC(N)CC1. The fourth-order valence-corrected chi connectivity index (χ4v) is 2.58. The molecule has 4 nitrogen and oxygen atoms in total. The van der Waals surface area contributed by atoms with Gasteiger partial charge in [-0.05, 0) is 26.7 Å². The smallest absolute Gasteiger partial charge is 0.131 e. The molecule has 18 heavy (non-hydrogen) atoms. The van der Waals surface area contributed by atoms with Crippen molar-refractivity contribution in [3.63, 3.8) is 0 Å². The largest absolute Gasteiger partial charge is 0.368 e. The molecule has 2 N–H and O–H groups in total. The Morgan fingerprint density at radius 2 is 1.61 bits per heavy atom. The number of anilines is 1. The zero-order valence-electron chi connectivity index (χ0n) is 11.9. The molecule has 4 heteroatoms. The van der Waals surface area contributed by atoms with Gasteiger partial charge in [0.25, 0.3) is 0 Å². The standard InChI is InChI=1S/C14H24N4/c1-9(2)14-16-10(3)13(11(4)17-14)18-7-5-12(15)6-8-18/h9,12H,5-8,15H2,1-4H3. The molecule has 0 unspecified atom stereocenters. The molecular formula is C14H24N4. The van der Waals surface area contributed by atoms with Gasteiger partial charge in [-0.25, -0.2) is 9.97 Å². The Kier molecular flexibility index (Phi) is 3.85. The minimum absolute atomic E-state index is 0.359. The van der Waals surface area contributed by atoms with E-state index >= 15 is 0 Å². The molecule has 0 bridgehead atoms. The van der Waals surface area contributed by atoms with Gasteiger partial charge in [0.15, 0.2) is 0 Å². The fraction of sp³-hybridized carbons (Fsp3) is 0.714. The van der Waals surface area contributed by atoms with Gasteiger partial charge in [0.2, 0.25) is 0 Å². The predicted octanol–water partition coefficient (Wildman–Crippen LogP) is 2.14. The van der Waals surface area contributed by atoms with Crippen molar-refractivity contribution in [2.75, 3.05) is 18.0 Å². The van der Waals surface area contributed by atoms with Crippen LogP contribution in [0, 0.1) is 13.8 Å². The van der Waals surface area contributed by atoms with Crippen molar-refractivity contribution < 1.29 is 0 Å². The first-order valence-corrected chi connectivity index (χ1v) is 6.84. The summed E-state index contributed by atoms with van der Waals surface area (Å²) in [5.74, 6) is 1.33. The predicted molar refractivity (Wildman–Crippen MR) is 75.0 cm³/mol. The third-order valence-electron chi connectivity index (χ3n) is 3.62. The van der Waals surface area contributed by atoms with Crippen LogP contribution in [-0.4, -0.2) is 29.1 Å². The van der Waals surface area contributed by atoms with Crippen LogP contribution in [0.2, 0.25) is 0 Å². The second-order valence-corrected chi connectivity index (χ2v) is 5.58. The highest BCUT2D eigenvalue weighted by Gasteiger charge is 2.21. The number of piperidine rings is 1. The monoisotopic (exact) mass is 248 g/mol. The van der Waals surface area contributed by atoms with Gasteiger partial charge in [-0.15, -0.1) is 0 Å². The molecule has 0 amide bonds. The Labute approximate surface area is 110 Å². The molecule has 1 aromatic heterocycles. The van der Waals surface area contributed by atoms with E-state index in [2.05, 4.69) is 42.6 Å². The van der Waals surface area contributed by atoms with Gasteiger partial charge in [-0.2, -0.15) is 0 Å². The molecule has 0 radical (unpaired) electrons. The molecule has 1 saturated heterocycles. The lowest BCUT2D eigenvalue weighted by Gasteiger charge is -2.33. The van der Waals surface area contributed by atoms with Gasteiger partial charge in [0, 0.05) is 25.0 Å². The first-order chi connectivity index (χ1) is 8.49. The van der Waals surface area contributed by atoms with Crippen LogP contribution in [0.5, 0.6) is 0 Å². The van der Waals surface area contributed by atoms with Crippen molar-refractivity contribution in [3.8, 4) is 0 Å². The number of rotatable bonds is 2. The highest BCUT2D eigenvalue weighted by molar-refractivity contribution is 5.54. The number of hydrogen-bond acceptors (Lipinski definition) is 4. The maximum absolute atomic E-state index is 5.96. The molecule has 2 heterocycles. The normalized spacial score (nSPS) is 17.6. The summed E-state index contributed by atoms with van der Waals surface area (Å²) in [6.45, 7) is 10.5. The molecule has 1 aromatic rings. The maximum atomic E-state index is 5.96. The van der Waals surface area contributed by atoms with Gasteiger partial charge >= 0.3 is 0 Å². The summed E-state index contributed by atoms with van der Waals surface area (Å²) in [4.78, 5) is 11.7. The van der Waals surface area contributed by atoms with Crippen LogP contribution < -0.4 is 10.6 Å². The van der Waals surface area contributed by atoms with Crippen molar-refractivity contribution in [3.05, 3.63) is 17.2 Å². The van der Waals surface area contributed by atoms with Crippen LogP contribution in [0.1, 0.15) is 49.8 Å². The van der Waals surface area contributed by atoms with E-state index in [1.165, 1.54) is 5.69 Å². The van der Waals surface area contributed by atoms with E-state index in [-0.39, 0.29) is 0 Å². The summed E-state index contributed by atoms with van der Waals surface area (Å²) < 4.78 is 0. The van der Waals surface area contributed by atoms with E-state index in [1.54, 1.807) is 0 Å². The topological polar surface area (TPSA) is 55.0 Å². The van der Waals surface area contributed by atoms with E-state index in [1.807, 2.05) is 0 Å². The zero-order chi connectivity index (χ0) is 13.3. The number of nitrogens with two attached hydrogens (primary N) is 1. The number of hydrogen-bond donors (Lipinski definition) is 1. The number of nitrogens with zero attached hydrogens (tertiary/aromatic N) is 3. The maximum Gasteiger partial charge on any atom is 0.131 e. The van der Waals surface area contributed by atoms with Crippen LogP contribution >= 0.6 is 0 Å². The van der Waals surface area contributed by atoms with Crippen molar-refractivity contribution in [1.29, 1.82) is 0 Å². The molecule has 0 atom stereocenters. The molecule has 0 spiro atoms. The number of aryl methyl sites for hydroxylation is 2. The first-order valence-electron chi connectivity index (χ1n) is 6.84. The van der Waals surface area contributed by atoms with Gasteiger partial charge in [0.05, 0.1) is 17.1 Å². The molecule has 100 valence electrons. The van der Waals surface area contributed by atoms with Gasteiger partial charge in [-0.1, -0.05) is 13.8 Å². The molecule has 1 aliphatic rings. The van der Waals surface area contributed by atoms with Crippen molar-refractivity contribution in [2.45, 2.75) is 52.5 Å². The zero-order valence-corrected chi connectivity index (χ0v) is 11.9. The van der Waals surface area contributed by atoms with Gasteiger partial charge < -0.3 is 10.6 Å². The quantitative estimate of drug-likeness (QED) is 0.871. The Morgan fingerprint density at radius 1 is 1.11 bits per heavy atom. The van der Waals surface area contributed by atoms with Crippen LogP contribution in [0.25, 0.3) is 0 Å². The van der Waals surface area contributed by atoms with Crippen LogP contribution in [0.15, 0.2) is 0 Å². The molecular weight excluding hydrogens is 224 g/mol. The van der Waals surface area contributed by atoms with Crippen molar-refractivity contribution >= 4 is 5.69 Å². The summed E-state index contributed by atoms with van der Waals surface area (Å²) in [5, 5.41) is 0. The first kappa shape index (κ1) is 13.3. The molecule has 0 aromatic carbocycles. The summed E-state index contributed by atoms with van der Waals surface area (Å²) in [6.07, 6.45) is 2.12. The Morgan fingerprint density at radius 3 is 2.06 bits per heavy atom. The van der Waals surface area contributed by atoms with Gasteiger partial charge in [0.1, 0.15) is 5.82 Å². The molecule has 1 aliphatic heterocycles. The lowest BCUT2D eigenvalue weighted by atomic mass is 10.0. The average molecular weight is 248 g/mol. The van der Waals surface area contributed by atoms with E-state index in [9.17, 15) is 0 Å². The Hall–Kier alpha value is -1.16. The lowest BCUT2D eigenvalue weighted by molar-refractivity contribution is 0.499. The van der Waals surface area contributed by atoms with Crippen LogP contribution in [0.3, 0.4) is 0 Å². The third-order valence-corrected chi connectivity index (χ3v) is 3.62. The van der Waals surface area contributed by atoms with Crippen LogP contribution in [0.4, 0.5) is 5.69 Å². The van der Waals surface area contributed by atoms with Crippen molar-refractivity contribution in [2.24, 2.45) is 5.73 Å². The molecule has 2 rings (SSSR count). The molecule has 0 saturated carbocycles. The Balaban J connectivity index is 2.28. The lowest BCUT2D eigenvalue weighted by Crippen LogP contribution is -2.40. The highest BCUT2D eigenvalue weighted by Crippen LogP contribution is 2.26. The van der Waals surface area contributed by atoms with Crippen molar-refractivity contribution in [1.82, 2.24) is 9.97 Å². The fourth-order valence-electron chi connectivity index (χ4n) is 2.58. The number of aromatic nitrogens is 2. The second kappa shape index (κ2) is 5.22. The van der Waals surface area contributed by atoms with E-state index in [0.29, 0.717) is 12.0 Å². The third kappa shape index (κ3) is 2.64. The molecule has 0 aliphatic carbocycles. The summed E-state index contributed by atoms with van der Waals surface area (Å²) in [6, 6.07) is 0.359. The second-order valence-electron chi connectivity index (χ2n) is 5.58. The van der Waals surface area contributed by atoms with Gasteiger partial charge in [-0.3, -0.25) is 0 Å². The minimum Gasteiger partial charge on any atom is -0.368 e. The average Bonchev–Trinajstić information content (AvgIpc) is 2.30. The summed E-state index contributed by atoms with van der Waals surface area (Å²) in [5.41, 5.74) is 9.37.